The van der Waals surface area contributed by atoms with Crippen LogP contribution in [-0.4, -0.2) is 49.0 Å². The van der Waals surface area contributed by atoms with Crippen molar-refractivity contribution in [1.29, 1.82) is 0 Å². The van der Waals surface area contributed by atoms with Crippen molar-refractivity contribution in [3.63, 3.8) is 0 Å². The minimum absolute atomic E-state index is 0.0460. The van der Waals surface area contributed by atoms with Gasteiger partial charge in [-0.25, -0.2) is 0 Å². The minimum atomic E-state index is -0.891. The van der Waals surface area contributed by atoms with Crippen LogP contribution in [0.2, 0.25) is 0 Å². The second-order valence-electron chi connectivity index (χ2n) is 5.13. The average molecular weight is 242 g/mol. The normalized spacial score (nSPS) is 38.0. The van der Waals surface area contributed by atoms with Crippen LogP contribution in [0.25, 0.3) is 0 Å². The van der Waals surface area contributed by atoms with Crippen molar-refractivity contribution in [1.82, 2.24) is 10.6 Å². The molecule has 2 heterocycles. The number of nitrogens with one attached hydrogen (secondary N) is 2. The third-order valence-electron chi connectivity index (χ3n) is 3.90. The Kier molecular flexibility index (Phi) is 4.01. The molecule has 1 amide bonds. The second kappa shape index (κ2) is 5.33. The topological polar surface area (TPSA) is 70.6 Å². The Morgan fingerprint density at radius 3 is 3.06 bits per heavy atom. The van der Waals surface area contributed by atoms with Crippen LogP contribution < -0.4 is 10.6 Å². The summed E-state index contributed by atoms with van der Waals surface area (Å²) in [5, 5.41) is 16.3. The predicted octanol–water partition coefficient (Wildman–Crippen LogP) is -0.358. The van der Waals surface area contributed by atoms with Crippen LogP contribution in [0.5, 0.6) is 0 Å². The van der Waals surface area contributed by atoms with Crippen molar-refractivity contribution in [2.75, 3.05) is 26.2 Å². The van der Waals surface area contributed by atoms with E-state index in [4.69, 9.17) is 4.74 Å². The van der Waals surface area contributed by atoms with Gasteiger partial charge >= 0.3 is 0 Å². The van der Waals surface area contributed by atoms with E-state index < -0.39 is 5.60 Å². The average Bonchev–Trinajstić information content (AvgIpc) is 2.68. The van der Waals surface area contributed by atoms with E-state index in [9.17, 15) is 9.90 Å². The molecule has 2 saturated heterocycles. The van der Waals surface area contributed by atoms with E-state index in [-0.39, 0.29) is 17.9 Å². The fourth-order valence-corrected chi connectivity index (χ4v) is 2.46. The van der Waals surface area contributed by atoms with E-state index in [2.05, 4.69) is 10.6 Å². The highest BCUT2D eigenvalue weighted by molar-refractivity contribution is 5.79. The first-order valence-electron chi connectivity index (χ1n) is 6.44. The van der Waals surface area contributed by atoms with Crippen molar-refractivity contribution in [2.45, 2.75) is 37.9 Å². The molecule has 0 aromatic carbocycles. The van der Waals surface area contributed by atoms with Crippen molar-refractivity contribution in [2.24, 2.45) is 5.92 Å². The molecular formula is C12H22N2O3. The SMILES string of the molecule is CC1OCCC1(O)CNC(=O)[C@@H]1CCCNC1. The summed E-state index contributed by atoms with van der Waals surface area (Å²) in [5.74, 6) is 0.0923. The Labute approximate surface area is 102 Å². The Bertz CT molecular complexity index is 279. The number of carbonyl (C=O) groups is 1. The van der Waals surface area contributed by atoms with Gasteiger partial charge in [-0.3, -0.25) is 4.79 Å². The first kappa shape index (κ1) is 12.8. The number of hydrogen-bond acceptors (Lipinski definition) is 4. The molecule has 5 heteroatoms. The molecule has 2 unspecified atom stereocenters. The fourth-order valence-electron chi connectivity index (χ4n) is 2.46. The molecule has 0 aromatic rings. The lowest BCUT2D eigenvalue weighted by Gasteiger charge is -2.28. The van der Waals surface area contributed by atoms with Gasteiger partial charge in [-0.1, -0.05) is 0 Å². The Morgan fingerprint density at radius 2 is 2.47 bits per heavy atom. The van der Waals surface area contributed by atoms with Gasteiger partial charge in [0.05, 0.1) is 12.0 Å². The summed E-state index contributed by atoms with van der Waals surface area (Å²) in [4.78, 5) is 11.9. The molecule has 98 valence electrons. The molecule has 0 spiro atoms. The number of ether oxygens (including phenoxy) is 1. The molecule has 0 aromatic heterocycles. The van der Waals surface area contributed by atoms with Crippen LogP contribution in [0.3, 0.4) is 0 Å². The molecular weight excluding hydrogens is 220 g/mol. The Balaban J connectivity index is 1.79. The number of carbonyl (C=O) groups excluding carboxylic acids is 1. The molecule has 2 fully saturated rings. The van der Waals surface area contributed by atoms with Gasteiger partial charge in [0.25, 0.3) is 0 Å². The molecule has 3 N–H and O–H groups in total. The van der Waals surface area contributed by atoms with E-state index >= 15 is 0 Å². The monoisotopic (exact) mass is 242 g/mol. The molecule has 2 aliphatic heterocycles. The zero-order valence-corrected chi connectivity index (χ0v) is 10.4. The predicted molar refractivity (Wildman–Crippen MR) is 63.6 cm³/mol. The third kappa shape index (κ3) is 2.97. The van der Waals surface area contributed by atoms with Crippen LogP contribution in [0.15, 0.2) is 0 Å². The quantitative estimate of drug-likeness (QED) is 0.632. The molecule has 2 rings (SSSR count). The van der Waals surface area contributed by atoms with Gasteiger partial charge < -0.3 is 20.5 Å². The number of hydrogen-bond donors (Lipinski definition) is 3. The highest BCUT2D eigenvalue weighted by Gasteiger charge is 2.40. The zero-order valence-electron chi connectivity index (χ0n) is 10.4. The summed E-state index contributed by atoms with van der Waals surface area (Å²) >= 11 is 0. The largest absolute Gasteiger partial charge is 0.385 e. The highest BCUT2D eigenvalue weighted by Crippen LogP contribution is 2.24. The molecule has 0 aliphatic carbocycles. The standard InChI is InChI=1S/C12H22N2O3/c1-9-12(16,4-6-17-9)8-14-11(15)10-3-2-5-13-7-10/h9-10,13,16H,2-8H2,1H3,(H,14,15)/t9?,10-,12?/m1/s1. The van der Waals surface area contributed by atoms with Crippen molar-refractivity contribution in [3.05, 3.63) is 0 Å². The van der Waals surface area contributed by atoms with E-state index in [1.165, 1.54) is 0 Å². The van der Waals surface area contributed by atoms with Gasteiger partial charge in [-0.15, -0.1) is 0 Å². The third-order valence-corrected chi connectivity index (χ3v) is 3.90. The van der Waals surface area contributed by atoms with E-state index in [1.54, 1.807) is 0 Å². The lowest BCUT2D eigenvalue weighted by Crippen LogP contribution is -2.50. The van der Waals surface area contributed by atoms with E-state index in [0.29, 0.717) is 19.6 Å². The van der Waals surface area contributed by atoms with Gasteiger partial charge in [-0.2, -0.15) is 0 Å². The lowest BCUT2D eigenvalue weighted by molar-refractivity contribution is -0.127. The molecule has 5 nitrogen and oxygen atoms in total. The first-order valence-corrected chi connectivity index (χ1v) is 6.44. The molecule has 2 aliphatic rings. The first-order chi connectivity index (χ1) is 8.12. The summed E-state index contributed by atoms with van der Waals surface area (Å²) in [6, 6.07) is 0. The number of piperidine rings is 1. The number of aliphatic hydroxyl groups is 1. The maximum Gasteiger partial charge on any atom is 0.224 e. The lowest BCUT2D eigenvalue weighted by atomic mass is 9.95. The minimum Gasteiger partial charge on any atom is -0.385 e. The van der Waals surface area contributed by atoms with Gasteiger partial charge in [0.15, 0.2) is 0 Å². The van der Waals surface area contributed by atoms with Crippen LogP contribution in [0.1, 0.15) is 26.2 Å². The Morgan fingerprint density at radius 1 is 1.65 bits per heavy atom. The maximum atomic E-state index is 11.9. The molecule has 0 radical (unpaired) electrons. The summed E-state index contributed by atoms with van der Waals surface area (Å²) in [7, 11) is 0. The molecule has 0 saturated carbocycles. The van der Waals surface area contributed by atoms with Crippen LogP contribution in [0.4, 0.5) is 0 Å². The second-order valence-corrected chi connectivity index (χ2v) is 5.13. The maximum absolute atomic E-state index is 11.9. The molecule has 0 bridgehead atoms. The van der Waals surface area contributed by atoms with Gasteiger partial charge in [0, 0.05) is 26.1 Å². The summed E-state index contributed by atoms with van der Waals surface area (Å²) in [5.41, 5.74) is -0.891. The molecule has 3 atom stereocenters. The number of rotatable bonds is 3. The van der Waals surface area contributed by atoms with Crippen LogP contribution >= 0.6 is 0 Å². The highest BCUT2D eigenvalue weighted by atomic mass is 16.5. The molecule has 17 heavy (non-hydrogen) atoms. The summed E-state index contributed by atoms with van der Waals surface area (Å²) < 4.78 is 5.33. The van der Waals surface area contributed by atoms with Crippen molar-refractivity contribution >= 4 is 5.91 Å². The summed E-state index contributed by atoms with van der Waals surface area (Å²) in [6.45, 7) is 4.46. The van der Waals surface area contributed by atoms with E-state index in [0.717, 1.165) is 25.9 Å². The zero-order chi connectivity index (χ0) is 12.3. The van der Waals surface area contributed by atoms with Crippen molar-refractivity contribution in [3.8, 4) is 0 Å². The van der Waals surface area contributed by atoms with Crippen LogP contribution in [-0.2, 0) is 9.53 Å². The van der Waals surface area contributed by atoms with Gasteiger partial charge in [-0.05, 0) is 26.3 Å². The van der Waals surface area contributed by atoms with Crippen molar-refractivity contribution < 1.29 is 14.6 Å². The van der Waals surface area contributed by atoms with Gasteiger partial charge in [0.1, 0.15) is 5.60 Å². The smallest absolute Gasteiger partial charge is 0.224 e. The summed E-state index contributed by atoms with van der Waals surface area (Å²) in [6.07, 6.45) is 2.37. The van der Waals surface area contributed by atoms with E-state index in [1.807, 2.05) is 6.92 Å². The number of amides is 1. The van der Waals surface area contributed by atoms with Gasteiger partial charge in [0.2, 0.25) is 5.91 Å². The Hall–Kier alpha value is -0.650. The fraction of sp³-hybridized carbons (Fsp3) is 0.917. The van der Waals surface area contributed by atoms with Crippen LogP contribution in [0, 0.1) is 5.92 Å².